The molecule has 1 aromatic carbocycles. The summed E-state index contributed by atoms with van der Waals surface area (Å²) in [4.78, 5) is 28.2. The van der Waals surface area contributed by atoms with Crippen LogP contribution < -0.4 is 5.32 Å². The summed E-state index contributed by atoms with van der Waals surface area (Å²) in [6.07, 6.45) is -4.20. The molecule has 1 N–H and O–H groups in total. The number of fused-ring (bicyclic) bond motifs is 1. The Morgan fingerprint density at radius 2 is 2.00 bits per heavy atom. The summed E-state index contributed by atoms with van der Waals surface area (Å²) in [6.45, 7) is 1.60. The van der Waals surface area contributed by atoms with Gasteiger partial charge in [-0.15, -0.1) is 11.3 Å². The lowest BCUT2D eigenvalue weighted by Crippen LogP contribution is -2.54. The molecule has 0 saturated carbocycles. The van der Waals surface area contributed by atoms with Crippen LogP contribution in [0.2, 0.25) is 0 Å². The molecular formula is C20H19F3N2O4S. The zero-order chi connectivity index (χ0) is 21.5. The highest BCUT2D eigenvalue weighted by molar-refractivity contribution is 7.17. The van der Waals surface area contributed by atoms with E-state index in [0.29, 0.717) is 38.3 Å². The molecule has 0 aliphatic carbocycles. The van der Waals surface area contributed by atoms with Crippen molar-refractivity contribution in [3.63, 3.8) is 0 Å². The molecule has 1 fully saturated rings. The zero-order valence-electron chi connectivity index (χ0n) is 16.0. The number of ether oxygens (including phenoxy) is 2. The SMILES string of the molecule is COC1CN(C(=O)c2c(NC(=O)c3ccccc3C(F)(F)F)sc3c2CCOC3)C1. The highest BCUT2D eigenvalue weighted by Gasteiger charge is 2.37. The fraction of sp³-hybridized carbons (Fsp3) is 0.400. The third-order valence-electron chi connectivity index (χ3n) is 5.21. The van der Waals surface area contributed by atoms with Gasteiger partial charge in [-0.05, 0) is 24.1 Å². The molecule has 0 spiro atoms. The number of nitrogens with one attached hydrogen (secondary N) is 1. The number of hydrogen-bond donors (Lipinski definition) is 1. The Balaban J connectivity index is 1.66. The van der Waals surface area contributed by atoms with Crippen LogP contribution in [-0.4, -0.2) is 49.6 Å². The first kappa shape index (κ1) is 20.8. The molecule has 0 atom stereocenters. The number of alkyl halides is 3. The monoisotopic (exact) mass is 440 g/mol. The van der Waals surface area contributed by atoms with E-state index < -0.39 is 23.2 Å². The number of methoxy groups -OCH3 is 1. The second-order valence-electron chi connectivity index (χ2n) is 7.08. The van der Waals surface area contributed by atoms with E-state index in [1.807, 2.05) is 0 Å². The number of carbonyl (C=O) groups is 2. The maximum atomic E-state index is 13.3. The first-order valence-corrected chi connectivity index (χ1v) is 10.1. The van der Waals surface area contributed by atoms with E-state index in [9.17, 15) is 22.8 Å². The molecule has 1 saturated heterocycles. The number of rotatable bonds is 4. The van der Waals surface area contributed by atoms with Crippen molar-refractivity contribution < 1.29 is 32.2 Å². The van der Waals surface area contributed by atoms with Gasteiger partial charge in [0.15, 0.2) is 0 Å². The Morgan fingerprint density at radius 3 is 2.70 bits per heavy atom. The van der Waals surface area contributed by atoms with Crippen molar-refractivity contribution >= 4 is 28.2 Å². The number of hydrogen-bond acceptors (Lipinski definition) is 5. The zero-order valence-corrected chi connectivity index (χ0v) is 16.9. The molecule has 2 aliphatic rings. The van der Waals surface area contributed by atoms with Crippen molar-refractivity contribution in [2.75, 3.05) is 32.1 Å². The van der Waals surface area contributed by atoms with Gasteiger partial charge in [0, 0.05) is 25.1 Å². The number of carbonyl (C=O) groups excluding carboxylic acids is 2. The molecule has 2 aromatic rings. The van der Waals surface area contributed by atoms with E-state index in [4.69, 9.17) is 9.47 Å². The van der Waals surface area contributed by atoms with Crippen LogP contribution in [0.5, 0.6) is 0 Å². The van der Waals surface area contributed by atoms with Crippen molar-refractivity contribution in [3.05, 3.63) is 51.4 Å². The van der Waals surface area contributed by atoms with Gasteiger partial charge in [0.25, 0.3) is 11.8 Å². The summed E-state index contributed by atoms with van der Waals surface area (Å²) in [5.74, 6) is -1.17. The molecule has 30 heavy (non-hydrogen) atoms. The van der Waals surface area contributed by atoms with Crippen LogP contribution in [0, 0.1) is 0 Å². The molecule has 10 heteroatoms. The molecule has 0 unspecified atom stereocenters. The van der Waals surface area contributed by atoms with Crippen LogP contribution in [0.4, 0.5) is 18.2 Å². The Hall–Kier alpha value is -2.43. The predicted molar refractivity (Wildman–Crippen MR) is 104 cm³/mol. The molecule has 0 radical (unpaired) electrons. The standard InChI is InChI=1S/C20H19F3N2O4S/c1-28-11-8-25(9-11)19(27)16-13-6-7-29-10-15(13)30-18(16)24-17(26)12-4-2-3-5-14(12)20(21,22)23/h2-5,11H,6-10H2,1H3,(H,24,26). The minimum absolute atomic E-state index is 0.0385. The molecular weight excluding hydrogens is 421 g/mol. The molecule has 4 rings (SSSR count). The largest absolute Gasteiger partial charge is 0.417 e. The van der Waals surface area contributed by atoms with Gasteiger partial charge in [0.05, 0.1) is 36.0 Å². The third kappa shape index (κ3) is 3.82. The van der Waals surface area contributed by atoms with E-state index >= 15 is 0 Å². The van der Waals surface area contributed by atoms with Crippen LogP contribution >= 0.6 is 11.3 Å². The first-order valence-electron chi connectivity index (χ1n) is 9.31. The van der Waals surface area contributed by atoms with Crippen molar-refractivity contribution in [1.82, 2.24) is 4.90 Å². The molecule has 0 bridgehead atoms. The lowest BCUT2D eigenvalue weighted by atomic mass is 10.0. The van der Waals surface area contributed by atoms with Gasteiger partial charge in [-0.1, -0.05) is 12.1 Å². The van der Waals surface area contributed by atoms with Crippen LogP contribution in [-0.2, 0) is 28.7 Å². The van der Waals surface area contributed by atoms with Crippen LogP contribution in [0.15, 0.2) is 24.3 Å². The van der Waals surface area contributed by atoms with Crippen molar-refractivity contribution in [2.24, 2.45) is 0 Å². The van der Waals surface area contributed by atoms with Crippen molar-refractivity contribution in [2.45, 2.75) is 25.3 Å². The molecule has 3 heterocycles. The van der Waals surface area contributed by atoms with Gasteiger partial charge < -0.3 is 19.7 Å². The van der Waals surface area contributed by atoms with Crippen LogP contribution in [0.3, 0.4) is 0 Å². The topological polar surface area (TPSA) is 67.9 Å². The number of benzene rings is 1. The summed E-state index contributed by atoms with van der Waals surface area (Å²) in [7, 11) is 1.57. The van der Waals surface area contributed by atoms with E-state index in [0.717, 1.165) is 22.6 Å². The lowest BCUT2D eigenvalue weighted by molar-refractivity contribution is -0.137. The van der Waals surface area contributed by atoms with E-state index in [-0.39, 0.29) is 17.0 Å². The summed E-state index contributed by atoms with van der Waals surface area (Å²) in [5.41, 5.74) is -0.387. The number of halogens is 3. The maximum Gasteiger partial charge on any atom is 0.417 e. The van der Waals surface area contributed by atoms with E-state index in [1.165, 1.54) is 23.5 Å². The third-order valence-corrected chi connectivity index (χ3v) is 6.33. The van der Waals surface area contributed by atoms with Gasteiger partial charge in [-0.3, -0.25) is 9.59 Å². The van der Waals surface area contributed by atoms with Gasteiger partial charge in [0.1, 0.15) is 5.00 Å². The number of amides is 2. The summed E-state index contributed by atoms with van der Waals surface area (Å²) < 4.78 is 50.6. The molecule has 6 nitrogen and oxygen atoms in total. The summed E-state index contributed by atoms with van der Waals surface area (Å²) in [5, 5.41) is 2.80. The van der Waals surface area contributed by atoms with Crippen LogP contribution in [0.1, 0.15) is 36.7 Å². The molecule has 2 amide bonds. The van der Waals surface area contributed by atoms with Crippen molar-refractivity contribution in [1.29, 1.82) is 0 Å². The van der Waals surface area contributed by atoms with Crippen molar-refractivity contribution in [3.8, 4) is 0 Å². The first-order chi connectivity index (χ1) is 14.3. The molecule has 2 aliphatic heterocycles. The fourth-order valence-corrected chi connectivity index (χ4v) is 4.73. The molecule has 160 valence electrons. The number of anilines is 1. The van der Waals surface area contributed by atoms with Crippen LogP contribution in [0.25, 0.3) is 0 Å². The van der Waals surface area contributed by atoms with Gasteiger partial charge in [0.2, 0.25) is 0 Å². The number of likely N-dealkylation sites (tertiary alicyclic amines) is 1. The fourth-order valence-electron chi connectivity index (χ4n) is 3.56. The van der Waals surface area contributed by atoms with Gasteiger partial charge in [-0.25, -0.2) is 0 Å². The summed E-state index contributed by atoms with van der Waals surface area (Å²) >= 11 is 1.17. The highest BCUT2D eigenvalue weighted by Crippen LogP contribution is 2.39. The number of nitrogens with zero attached hydrogens (tertiary/aromatic N) is 1. The Morgan fingerprint density at radius 1 is 1.27 bits per heavy atom. The smallest absolute Gasteiger partial charge is 0.378 e. The normalized spacial score (nSPS) is 16.7. The average molecular weight is 440 g/mol. The minimum Gasteiger partial charge on any atom is -0.378 e. The van der Waals surface area contributed by atoms with Gasteiger partial charge >= 0.3 is 6.18 Å². The Kier molecular flexibility index (Phi) is 5.56. The molecule has 1 aromatic heterocycles. The number of thiophene rings is 1. The second kappa shape index (κ2) is 8.01. The van der Waals surface area contributed by atoms with E-state index in [2.05, 4.69) is 5.32 Å². The van der Waals surface area contributed by atoms with E-state index in [1.54, 1.807) is 12.0 Å². The quantitative estimate of drug-likeness (QED) is 0.790. The second-order valence-corrected chi connectivity index (χ2v) is 8.18. The Labute approximate surface area is 174 Å². The maximum absolute atomic E-state index is 13.3. The lowest BCUT2D eigenvalue weighted by Gasteiger charge is -2.38. The summed E-state index contributed by atoms with van der Waals surface area (Å²) in [6, 6.07) is 4.58. The predicted octanol–water partition coefficient (Wildman–Crippen LogP) is 3.56. The Bertz CT molecular complexity index is 983. The highest BCUT2D eigenvalue weighted by atomic mass is 32.1. The van der Waals surface area contributed by atoms with Gasteiger partial charge in [-0.2, -0.15) is 13.2 Å². The minimum atomic E-state index is -4.66. The average Bonchev–Trinajstić information content (AvgIpc) is 3.04.